The Bertz CT molecular complexity index is 983. The van der Waals surface area contributed by atoms with Crippen LogP contribution < -0.4 is 0 Å². The van der Waals surface area contributed by atoms with Crippen molar-refractivity contribution in [2.45, 2.75) is 95.5 Å². The summed E-state index contributed by atoms with van der Waals surface area (Å²) >= 11 is 0. The van der Waals surface area contributed by atoms with Crippen LogP contribution in [0.15, 0.2) is 30.3 Å². The highest BCUT2D eigenvalue weighted by Crippen LogP contribution is 2.41. The van der Waals surface area contributed by atoms with Crippen molar-refractivity contribution in [3.8, 4) is 0 Å². The molecule has 2 aliphatic carbocycles. The first-order valence-corrected chi connectivity index (χ1v) is 13.4. The largest absolute Gasteiger partial charge is 0.368 e. The third-order valence-electron chi connectivity index (χ3n) is 8.89. The fraction of sp³-hybridized carbons (Fsp3) is 0.600. The van der Waals surface area contributed by atoms with Gasteiger partial charge in [-0.3, -0.25) is 0 Å². The molecule has 34 heavy (non-hydrogen) atoms. The van der Waals surface area contributed by atoms with E-state index in [4.69, 9.17) is 4.74 Å². The van der Waals surface area contributed by atoms with Gasteiger partial charge < -0.3 is 4.74 Å². The molecule has 0 spiro atoms. The number of halogens is 3. The molecule has 184 valence electrons. The molecule has 2 aromatic rings. The number of benzene rings is 2. The lowest BCUT2D eigenvalue weighted by Gasteiger charge is -2.29. The van der Waals surface area contributed by atoms with Gasteiger partial charge >= 0.3 is 0 Å². The summed E-state index contributed by atoms with van der Waals surface area (Å²) in [6, 6.07) is 9.24. The van der Waals surface area contributed by atoms with E-state index >= 15 is 0 Å². The Balaban J connectivity index is 1.14. The van der Waals surface area contributed by atoms with Crippen molar-refractivity contribution in [2.75, 3.05) is 6.61 Å². The summed E-state index contributed by atoms with van der Waals surface area (Å²) in [7, 11) is 0. The molecule has 0 amide bonds. The second-order valence-electron chi connectivity index (χ2n) is 10.9. The maximum absolute atomic E-state index is 14.9. The Kier molecular flexibility index (Phi) is 7.34. The van der Waals surface area contributed by atoms with Crippen molar-refractivity contribution < 1.29 is 17.9 Å². The molecule has 1 heterocycles. The highest BCUT2D eigenvalue weighted by atomic mass is 19.2. The fourth-order valence-electron chi connectivity index (χ4n) is 6.43. The second-order valence-corrected chi connectivity index (χ2v) is 10.9. The predicted octanol–water partition coefficient (Wildman–Crippen LogP) is 8.77. The molecule has 4 heteroatoms. The highest BCUT2D eigenvalue weighted by molar-refractivity contribution is 5.31. The average Bonchev–Trinajstić information content (AvgIpc) is 3.71. The minimum atomic E-state index is -0.634. The van der Waals surface area contributed by atoms with Gasteiger partial charge in [0, 0.05) is 0 Å². The van der Waals surface area contributed by atoms with Gasteiger partial charge in [-0.05, 0) is 116 Å². The third-order valence-corrected chi connectivity index (χ3v) is 8.89. The van der Waals surface area contributed by atoms with E-state index in [0.29, 0.717) is 30.1 Å². The fourth-order valence-corrected chi connectivity index (χ4v) is 6.43. The lowest BCUT2D eigenvalue weighted by molar-refractivity contribution is 0.304. The molecule has 0 bridgehead atoms. The predicted molar refractivity (Wildman–Crippen MR) is 129 cm³/mol. The molecule has 0 radical (unpaired) electrons. The first-order chi connectivity index (χ1) is 16.5. The van der Waals surface area contributed by atoms with E-state index in [2.05, 4.69) is 6.92 Å². The molecule has 1 atom stereocenters. The molecule has 0 aromatic heterocycles. The van der Waals surface area contributed by atoms with E-state index in [1.54, 1.807) is 6.07 Å². The summed E-state index contributed by atoms with van der Waals surface area (Å²) in [5, 5.41) is 0. The van der Waals surface area contributed by atoms with Gasteiger partial charge in [0.1, 0.15) is 11.9 Å². The van der Waals surface area contributed by atoms with Crippen molar-refractivity contribution in [3.05, 3.63) is 70.0 Å². The molecular weight excluding hydrogens is 433 g/mol. The third kappa shape index (κ3) is 5.22. The molecule has 1 unspecified atom stereocenters. The molecule has 1 nitrogen and oxygen atoms in total. The van der Waals surface area contributed by atoms with Gasteiger partial charge in [-0.1, -0.05) is 37.6 Å². The Morgan fingerprint density at radius 3 is 2.00 bits per heavy atom. The highest BCUT2D eigenvalue weighted by Gasteiger charge is 2.29. The van der Waals surface area contributed by atoms with Gasteiger partial charge in [-0.25, -0.2) is 13.2 Å². The van der Waals surface area contributed by atoms with Gasteiger partial charge in [-0.15, -0.1) is 0 Å². The van der Waals surface area contributed by atoms with Crippen molar-refractivity contribution in [3.63, 3.8) is 0 Å². The van der Waals surface area contributed by atoms with Crippen LogP contribution in [0.25, 0.3) is 0 Å². The maximum Gasteiger partial charge on any atom is 0.162 e. The molecular formula is C30H37F3O. The van der Waals surface area contributed by atoms with Gasteiger partial charge in [0.25, 0.3) is 0 Å². The van der Waals surface area contributed by atoms with Crippen LogP contribution in [-0.4, -0.2) is 6.61 Å². The van der Waals surface area contributed by atoms with Crippen LogP contribution in [0.3, 0.4) is 0 Å². The molecule has 2 aromatic carbocycles. The summed E-state index contributed by atoms with van der Waals surface area (Å²) < 4.78 is 49.7. The quantitative estimate of drug-likeness (QED) is 0.368. The van der Waals surface area contributed by atoms with Crippen molar-refractivity contribution in [1.82, 2.24) is 0 Å². The number of hydrogen-bond acceptors (Lipinski definition) is 1. The standard InChI is InChI=1S/C30H37F3O/c1-2-19-3-8-22(9-4-19)26-16-13-23(29(32)30(26)33)12-7-20-5-10-21(11-6-20)25-15-14-24(17-27(25)31)28-18-34-28/h13-17,19-22,28H,2-12,18H2,1H3. The van der Waals surface area contributed by atoms with Crippen molar-refractivity contribution >= 4 is 0 Å². The molecule has 2 saturated carbocycles. The topological polar surface area (TPSA) is 12.5 Å². The molecule has 5 rings (SSSR count). The summed E-state index contributed by atoms with van der Waals surface area (Å²) in [5.41, 5.74) is 2.84. The van der Waals surface area contributed by atoms with Crippen LogP contribution in [0, 0.1) is 29.3 Å². The number of epoxide rings is 1. The summed E-state index contributed by atoms with van der Waals surface area (Å²) in [6.45, 7) is 2.91. The van der Waals surface area contributed by atoms with E-state index < -0.39 is 11.6 Å². The lowest BCUT2D eigenvalue weighted by Crippen LogP contribution is -2.16. The zero-order chi connectivity index (χ0) is 23.7. The van der Waals surface area contributed by atoms with Crippen LogP contribution in [0.2, 0.25) is 0 Å². The Labute approximate surface area is 202 Å². The molecule has 1 saturated heterocycles. The summed E-state index contributed by atoms with van der Waals surface area (Å²) in [6.07, 6.45) is 10.8. The summed E-state index contributed by atoms with van der Waals surface area (Å²) in [5.74, 6) is 0.283. The van der Waals surface area contributed by atoms with Crippen LogP contribution in [0.4, 0.5) is 13.2 Å². The molecule has 3 fully saturated rings. The number of aryl methyl sites for hydroxylation is 1. The van der Waals surface area contributed by atoms with Crippen LogP contribution in [0.5, 0.6) is 0 Å². The van der Waals surface area contributed by atoms with Gasteiger partial charge in [0.05, 0.1) is 6.61 Å². The Hall–Kier alpha value is -1.81. The van der Waals surface area contributed by atoms with E-state index in [1.807, 2.05) is 24.3 Å². The van der Waals surface area contributed by atoms with Gasteiger partial charge in [0.15, 0.2) is 11.6 Å². The molecule has 0 N–H and O–H groups in total. The minimum Gasteiger partial charge on any atom is -0.368 e. The maximum atomic E-state index is 14.9. The van der Waals surface area contributed by atoms with Crippen LogP contribution >= 0.6 is 0 Å². The first-order valence-electron chi connectivity index (χ1n) is 13.4. The van der Waals surface area contributed by atoms with Crippen molar-refractivity contribution in [2.24, 2.45) is 11.8 Å². The molecule has 3 aliphatic rings. The first kappa shape index (κ1) is 23.9. The second kappa shape index (κ2) is 10.4. The number of hydrogen-bond donors (Lipinski definition) is 0. The van der Waals surface area contributed by atoms with Crippen molar-refractivity contribution in [1.29, 1.82) is 0 Å². The van der Waals surface area contributed by atoms with Gasteiger partial charge in [-0.2, -0.15) is 0 Å². The lowest BCUT2D eigenvalue weighted by atomic mass is 9.76. The smallest absolute Gasteiger partial charge is 0.162 e. The van der Waals surface area contributed by atoms with Gasteiger partial charge in [0.2, 0.25) is 0 Å². The Morgan fingerprint density at radius 1 is 0.765 bits per heavy atom. The normalized spacial score (nSPS) is 29.2. The molecule has 1 aliphatic heterocycles. The minimum absolute atomic E-state index is 0.0784. The summed E-state index contributed by atoms with van der Waals surface area (Å²) in [4.78, 5) is 0. The zero-order valence-corrected chi connectivity index (χ0v) is 20.3. The number of rotatable bonds is 7. The van der Waals surface area contributed by atoms with E-state index in [9.17, 15) is 13.2 Å². The number of ether oxygens (including phenoxy) is 1. The monoisotopic (exact) mass is 470 g/mol. The van der Waals surface area contributed by atoms with Crippen LogP contribution in [-0.2, 0) is 11.2 Å². The zero-order valence-electron chi connectivity index (χ0n) is 20.3. The van der Waals surface area contributed by atoms with Crippen LogP contribution in [0.1, 0.15) is 111 Å². The van der Waals surface area contributed by atoms with E-state index in [-0.39, 0.29) is 23.8 Å². The van der Waals surface area contributed by atoms with E-state index in [0.717, 1.165) is 74.8 Å². The Morgan fingerprint density at radius 2 is 1.38 bits per heavy atom. The average molecular weight is 471 g/mol. The SMILES string of the molecule is CCC1CCC(c2ccc(CCC3CCC(c4ccc(C5CO5)cc4F)CC3)c(F)c2F)CC1. The van der Waals surface area contributed by atoms with E-state index in [1.165, 1.54) is 6.42 Å².